The van der Waals surface area contributed by atoms with Crippen molar-refractivity contribution in [3.63, 3.8) is 0 Å². The Labute approximate surface area is 163 Å². The molecule has 142 valence electrons. The number of nitrogens with one attached hydrogen (secondary N) is 1. The maximum Gasteiger partial charge on any atom is 0.318 e. The molecule has 0 aliphatic carbocycles. The van der Waals surface area contributed by atoms with E-state index in [9.17, 15) is 30.1 Å². The lowest BCUT2D eigenvalue weighted by Crippen LogP contribution is -2.16. The summed E-state index contributed by atoms with van der Waals surface area (Å²) in [6.45, 7) is 0. The number of nitrogens with zero attached hydrogens (tertiary/aromatic N) is 3. The number of rotatable bonds is 5. The molecule has 0 bridgehead atoms. The number of hydrogen-bond acceptors (Lipinski definition) is 8. The molecule has 3 rings (SSSR count). The van der Waals surface area contributed by atoms with Gasteiger partial charge in [0.05, 0.1) is 27.7 Å². The van der Waals surface area contributed by atoms with Crippen LogP contribution in [0.1, 0.15) is 16.1 Å². The van der Waals surface area contributed by atoms with Crippen molar-refractivity contribution in [3.8, 4) is 5.75 Å². The average molecular weight is 449 g/mol. The lowest BCUT2D eigenvalue weighted by Gasteiger charge is -2.01. The van der Waals surface area contributed by atoms with Crippen molar-refractivity contribution in [1.29, 1.82) is 0 Å². The van der Waals surface area contributed by atoms with Crippen molar-refractivity contribution in [2.45, 2.75) is 0 Å². The predicted molar refractivity (Wildman–Crippen MR) is 100 cm³/mol. The molecule has 0 saturated heterocycles. The molecule has 1 heterocycles. The van der Waals surface area contributed by atoms with Crippen molar-refractivity contribution >= 4 is 50.4 Å². The maximum absolute atomic E-state index is 12.1. The van der Waals surface area contributed by atoms with E-state index in [1.807, 2.05) is 0 Å². The van der Waals surface area contributed by atoms with E-state index >= 15 is 0 Å². The zero-order valence-corrected chi connectivity index (χ0v) is 15.2. The molecule has 2 aromatic carbocycles. The van der Waals surface area contributed by atoms with E-state index in [1.165, 1.54) is 6.07 Å². The molecule has 0 radical (unpaired) electrons. The van der Waals surface area contributed by atoms with Gasteiger partial charge in [-0.25, -0.2) is 5.43 Å². The molecule has 28 heavy (non-hydrogen) atoms. The standard InChI is InChI=1S/C16H9BrN4O7/c17-10-1-2-13-8(3-10)5-14(28-13)16(23)19-18-7-9-4-11(20(24)25)6-12(15(9)22)21(26)27/h1-7,22H,(H,19,23)/b18-7+. The first-order chi connectivity index (χ1) is 13.3. The van der Waals surface area contributed by atoms with Gasteiger partial charge in [-0.05, 0) is 24.3 Å². The van der Waals surface area contributed by atoms with Crippen LogP contribution in [0, 0.1) is 20.2 Å². The summed E-state index contributed by atoms with van der Waals surface area (Å²) in [5.74, 6) is -1.58. The van der Waals surface area contributed by atoms with E-state index in [-0.39, 0.29) is 11.3 Å². The Bertz CT molecular complexity index is 1160. The van der Waals surface area contributed by atoms with Crippen molar-refractivity contribution in [2.24, 2.45) is 5.10 Å². The number of nitro groups is 2. The van der Waals surface area contributed by atoms with E-state index in [0.29, 0.717) is 17.0 Å². The number of hydrazone groups is 1. The summed E-state index contributed by atoms with van der Waals surface area (Å²) >= 11 is 3.30. The lowest BCUT2D eigenvalue weighted by molar-refractivity contribution is -0.394. The summed E-state index contributed by atoms with van der Waals surface area (Å²) in [5, 5.41) is 35.9. The number of amides is 1. The minimum Gasteiger partial charge on any atom is -0.502 e. The van der Waals surface area contributed by atoms with Crippen LogP contribution in [-0.2, 0) is 0 Å². The van der Waals surface area contributed by atoms with Crippen LogP contribution in [0.3, 0.4) is 0 Å². The number of nitro benzene ring substituents is 2. The molecule has 0 fully saturated rings. The second kappa shape index (κ2) is 7.44. The Morgan fingerprint density at radius 1 is 1.18 bits per heavy atom. The third-order valence-corrected chi connectivity index (χ3v) is 4.08. The van der Waals surface area contributed by atoms with Gasteiger partial charge in [0.25, 0.3) is 5.69 Å². The number of halogens is 1. The number of phenols is 1. The number of aromatic hydroxyl groups is 1. The summed E-state index contributed by atoms with van der Waals surface area (Å²) in [6, 6.07) is 8.15. The van der Waals surface area contributed by atoms with E-state index in [2.05, 4.69) is 26.5 Å². The molecule has 0 aliphatic rings. The van der Waals surface area contributed by atoms with Gasteiger partial charge < -0.3 is 9.52 Å². The van der Waals surface area contributed by atoms with Crippen molar-refractivity contribution in [2.75, 3.05) is 0 Å². The minimum absolute atomic E-state index is 0.0421. The van der Waals surface area contributed by atoms with E-state index < -0.39 is 32.9 Å². The van der Waals surface area contributed by atoms with Gasteiger partial charge in [0.1, 0.15) is 5.58 Å². The van der Waals surface area contributed by atoms with Crippen LogP contribution < -0.4 is 5.43 Å². The van der Waals surface area contributed by atoms with Gasteiger partial charge in [0, 0.05) is 15.9 Å². The van der Waals surface area contributed by atoms with E-state index in [0.717, 1.165) is 16.8 Å². The van der Waals surface area contributed by atoms with Crippen LogP contribution in [0.5, 0.6) is 5.75 Å². The first-order valence-electron chi connectivity index (χ1n) is 7.44. The largest absolute Gasteiger partial charge is 0.502 e. The molecule has 0 aliphatic heterocycles. The normalized spacial score (nSPS) is 11.0. The molecule has 11 nitrogen and oxygen atoms in total. The third-order valence-electron chi connectivity index (χ3n) is 3.58. The second-order valence-electron chi connectivity index (χ2n) is 5.41. The number of non-ortho nitro benzene ring substituents is 1. The van der Waals surface area contributed by atoms with Crippen LogP contribution in [0.15, 0.2) is 50.4 Å². The summed E-state index contributed by atoms with van der Waals surface area (Å²) in [6.07, 6.45) is 0.854. The summed E-state index contributed by atoms with van der Waals surface area (Å²) in [4.78, 5) is 32.1. The molecule has 0 atom stereocenters. The van der Waals surface area contributed by atoms with Crippen molar-refractivity contribution < 1.29 is 24.2 Å². The van der Waals surface area contributed by atoms with E-state index in [4.69, 9.17) is 4.42 Å². The number of hydrogen-bond donors (Lipinski definition) is 2. The van der Waals surface area contributed by atoms with Crippen molar-refractivity contribution in [3.05, 3.63) is 72.4 Å². The van der Waals surface area contributed by atoms with Crippen LogP contribution >= 0.6 is 15.9 Å². The van der Waals surface area contributed by atoms with Gasteiger partial charge in [0.15, 0.2) is 5.76 Å². The summed E-state index contributed by atoms with van der Waals surface area (Å²) in [5.41, 5.74) is 0.820. The quantitative estimate of drug-likeness (QED) is 0.342. The molecule has 0 saturated carbocycles. The Morgan fingerprint density at radius 2 is 1.93 bits per heavy atom. The molecule has 1 aromatic heterocycles. The summed E-state index contributed by atoms with van der Waals surface area (Å²) < 4.78 is 6.18. The molecule has 1 amide bonds. The lowest BCUT2D eigenvalue weighted by atomic mass is 10.1. The number of benzene rings is 2. The van der Waals surface area contributed by atoms with Crippen LogP contribution in [0.4, 0.5) is 11.4 Å². The average Bonchev–Trinajstić information content (AvgIpc) is 3.05. The highest BCUT2D eigenvalue weighted by atomic mass is 79.9. The second-order valence-corrected chi connectivity index (χ2v) is 6.32. The number of carbonyl (C=O) groups excluding carboxylic acids is 1. The molecule has 3 aromatic rings. The highest BCUT2D eigenvalue weighted by molar-refractivity contribution is 9.10. The first kappa shape index (κ1) is 19.0. The fraction of sp³-hybridized carbons (Fsp3) is 0. The first-order valence-corrected chi connectivity index (χ1v) is 8.24. The van der Waals surface area contributed by atoms with E-state index in [1.54, 1.807) is 18.2 Å². The number of phenolic OH excluding ortho intramolecular Hbond substituents is 1. The molecule has 2 N–H and O–H groups in total. The zero-order valence-electron chi connectivity index (χ0n) is 13.7. The molecule has 12 heteroatoms. The van der Waals surface area contributed by atoms with Gasteiger partial charge >= 0.3 is 11.6 Å². The van der Waals surface area contributed by atoms with Gasteiger partial charge in [0.2, 0.25) is 5.75 Å². The third kappa shape index (κ3) is 3.81. The Kier molecular flexibility index (Phi) is 5.04. The Hall–Kier alpha value is -3.80. The number of fused-ring (bicyclic) bond motifs is 1. The van der Waals surface area contributed by atoms with Crippen LogP contribution in [-0.4, -0.2) is 27.1 Å². The SMILES string of the molecule is O=C(N/N=C/c1cc([N+](=O)[O-])cc([N+](=O)[O-])c1O)c1cc2cc(Br)ccc2o1. The summed E-state index contributed by atoms with van der Waals surface area (Å²) in [7, 11) is 0. The zero-order chi connectivity index (χ0) is 20.4. The fourth-order valence-electron chi connectivity index (χ4n) is 2.31. The molecular formula is C16H9BrN4O7. The van der Waals surface area contributed by atoms with Crippen LogP contribution in [0.25, 0.3) is 11.0 Å². The minimum atomic E-state index is -0.967. The highest BCUT2D eigenvalue weighted by Crippen LogP contribution is 2.33. The maximum atomic E-state index is 12.1. The Balaban J connectivity index is 1.84. The monoisotopic (exact) mass is 448 g/mol. The number of carbonyl (C=O) groups is 1. The molecule has 0 unspecified atom stereocenters. The van der Waals surface area contributed by atoms with Crippen molar-refractivity contribution in [1.82, 2.24) is 5.43 Å². The van der Waals surface area contributed by atoms with Gasteiger partial charge in [-0.1, -0.05) is 15.9 Å². The number of furan rings is 1. The highest BCUT2D eigenvalue weighted by Gasteiger charge is 2.23. The van der Waals surface area contributed by atoms with Crippen LogP contribution in [0.2, 0.25) is 0 Å². The Morgan fingerprint density at radius 3 is 2.61 bits per heavy atom. The van der Waals surface area contributed by atoms with Gasteiger partial charge in [-0.2, -0.15) is 5.10 Å². The van der Waals surface area contributed by atoms with Gasteiger partial charge in [-0.3, -0.25) is 25.0 Å². The smallest absolute Gasteiger partial charge is 0.318 e. The van der Waals surface area contributed by atoms with Gasteiger partial charge in [-0.15, -0.1) is 0 Å². The molecular weight excluding hydrogens is 440 g/mol. The fourth-order valence-corrected chi connectivity index (χ4v) is 2.69. The molecule has 0 spiro atoms. The topological polar surface area (TPSA) is 161 Å². The predicted octanol–water partition coefficient (Wildman–Crippen LogP) is 3.48.